The molecule has 0 bridgehead atoms. The summed E-state index contributed by atoms with van der Waals surface area (Å²) in [6.07, 6.45) is 4.59. The van der Waals surface area contributed by atoms with Crippen molar-refractivity contribution in [1.82, 2.24) is 0 Å². The molecule has 8 nitrogen and oxygen atoms in total. The summed E-state index contributed by atoms with van der Waals surface area (Å²) in [4.78, 5) is 0. The van der Waals surface area contributed by atoms with Crippen LogP contribution in [0.4, 0.5) is 0 Å². The Morgan fingerprint density at radius 3 is 1.39 bits per heavy atom. The summed E-state index contributed by atoms with van der Waals surface area (Å²) in [7, 11) is 0. The maximum absolute atomic E-state index is 8.94. The molecule has 28 heavy (non-hydrogen) atoms. The molecule has 0 aliphatic heterocycles. The second kappa shape index (κ2) is 21.4. The summed E-state index contributed by atoms with van der Waals surface area (Å²) in [5.74, 6) is 0. The Bertz CT molecular complexity index is 273. The first kappa shape index (κ1) is 27.7. The minimum atomic E-state index is -0.774. The number of unbranched alkanes of at least 4 members (excludes halogenated alkanes) is 1. The Balaban J connectivity index is 4.58. The highest BCUT2D eigenvalue weighted by molar-refractivity contribution is 4.81. The van der Waals surface area contributed by atoms with Crippen LogP contribution in [0.1, 0.15) is 45.4 Å². The van der Waals surface area contributed by atoms with E-state index in [0.29, 0.717) is 52.3 Å². The van der Waals surface area contributed by atoms with Crippen molar-refractivity contribution in [3.8, 4) is 0 Å². The van der Waals surface area contributed by atoms with E-state index in [1.54, 1.807) is 0 Å². The third-order valence-electron chi connectivity index (χ3n) is 3.92. The van der Waals surface area contributed by atoms with Gasteiger partial charge in [0.15, 0.2) is 0 Å². The van der Waals surface area contributed by atoms with Crippen LogP contribution in [-0.4, -0.2) is 100 Å². The van der Waals surface area contributed by atoms with Crippen LogP contribution in [0.15, 0.2) is 0 Å². The number of aliphatic hydroxyl groups excluding tert-OH is 3. The van der Waals surface area contributed by atoms with Crippen LogP contribution in [0.25, 0.3) is 0 Å². The van der Waals surface area contributed by atoms with Gasteiger partial charge in [-0.05, 0) is 32.1 Å². The third kappa shape index (κ3) is 16.6. The zero-order valence-electron chi connectivity index (χ0n) is 17.6. The van der Waals surface area contributed by atoms with Crippen LogP contribution >= 0.6 is 0 Å². The first-order valence-corrected chi connectivity index (χ1v) is 10.5. The molecule has 0 spiro atoms. The molecule has 0 amide bonds. The number of hydrogen-bond donors (Lipinski definition) is 3. The summed E-state index contributed by atoms with van der Waals surface area (Å²) in [6, 6.07) is 0. The van der Waals surface area contributed by atoms with Crippen molar-refractivity contribution in [3.05, 3.63) is 0 Å². The minimum Gasteiger partial charge on any atom is -0.396 e. The highest BCUT2D eigenvalue weighted by Gasteiger charge is 2.33. The van der Waals surface area contributed by atoms with Crippen molar-refractivity contribution < 1.29 is 39.0 Å². The zero-order chi connectivity index (χ0) is 20.8. The van der Waals surface area contributed by atoms with Crippen molar-refractivity contribution in [2.24, 2.45) is 0 Å². The van der Waals surface area contributed by atoms with Crippen LogP contribution in [0.3, 0.4) is 0 Å². The van der Waals surface area contributed by atoms with E-state index in [2.05, 4.69) is 6.92 Å². The monoisotopic (exact) mass is 410 g/mol. The van der Waals surface area contributed by atoms with E-state index in [1.165, 1.54) is 0 Å². The lowest BCUT2D eigenvalue weighted by Gasteiger charge is -2.33. The second-order valence-corrected chi connectivity index (χ2v) is 6.74. The SMILES string of the molecule is CCCCOCCCOC(COCCCO)(COCCCO)COCCCO. The van der Waals surface area contributed by atoms with E-state index in [-0.39, 0.29) is 39.6 Å². The van der Waals surface area contributed by atoms with Crippen molar-refractivity contribution in [1.29, 1.82) is 0 Å². The lowest BCUT2D eigenvalue weighted by molar-refractivity contribution is -0.169. The minimum absolute atomic E-state index is 0.0724. The highest BCUT2D eigenvalue weighted by Crippen LogP contribution is 2.16. The van der Waals surface area contributed by atoms with Gasteiger partial charge in [-0.25, -0.2) is 0 Å². The molecule has 8 heteroatoms. The van der Waals surface area contributed by atoms with Gasteiger partial charge in [0, 0.05) is 59.5 Å². The molecule has 0 atom stereocenters. The highest BCUT2D eigenvalue weighted by atomic mass is 16.6. The van der Waals surface area contributed by atoms with Gasteiger partial charge in [-0.15, -0.1) is 0 Å². The fraction of sp³-hybridized carbons (Fsp3) is 1.00. The van der Waals surface area contributed by atoms with E-state index in [0.717, 1.165) is 25.9 Å². The van der Waals surface area contributed by atoms with Crippen LogP contribution in [0.5, 0.6) is 0 Å². The van der Waals surface area contributed by atoms with Crippen molar-refractivity contribution >= 4 is 0 Å². The Labute approximate surface area is 170 Å². The standard InChI is InChI=1S/C20H42O8/c1-2-3-11-24-15-7-16-28-20(17-25-12-4-8-21,18-26-13-5-9-22)19-27-14-6-10-23/h21-23H,2-19H2,1H3. The topological polar surface area (TPSA) is 107 Å². The van der Waals surface area contributed by atoms with E-state index in [9.17, 15) is 0 Å². The molecule has 0 aliphatic carbocycles. The summed E-state index contributed by atoms with van der Waals surface area (Å²) in [6.45, 7) is 6.35. The molecule has 0 heterocycles. The van der Waals surface area contributed by atoms with E-state index >= 15 is 0 Å². The first-order chi connectivity index (χ1) is 13.7. The van der Waals surface area contributed by atoms with E-state index in [4.69, 9.17) is 39.0 Å². The fourth-order valence-corrected chi connectivity index (χ4v) is 2.32. The average Bonchev–Trinajstić information content (AvgIpc) is 2.71. The van der Waals surface area contributed by atoms with Crippen LogP contribution < -0.4 is 0 Å². The lowest BCUT2D eigenvalue weighted by Crippen LogP contribution is -2.48. The maximum Gasteiger partial charge on any atom is 0.138 e. The third-order valence-corrected chi connectivity index (χ3v) is 3.92. The molecular weight excluding hydrogens is 368 g/mol. The normalized spacial score (nSPS) is 12.0. The van der Waals surface area contributed by atoms with Gasteiger partial charge >= 0.3 is 0 Å². The molecule has 0 fully saturated rings. The van der Waals surface area contributed by atoms with Crippen molar-refractivity contribution in [2.75, 3.05) is 79.3 Å². The van der Waals surface area contributed by atoms with Gasteiger partial charge in [-0.2, -0.15) is 0 Å². The second-order valence-electron chi connectivity index (χ2n) is 6.74. The van der Waals surface area contributed by atoms with Gasteiger partial charge in [0.25, 0.3) is 0 Å². The molecule has 0 aromatic heterocycles. The molecule has 0 aromatic rings. The zero-order valence-corrected chi connectivity index (χ0v) is 17.6. The summed E-state index contributed by atoms with van der Waals surface area (Å²) in [5.41, 5.74) is -0.774. The molecule has 0 aromatic carbocycles. The van der Waals surface area contributed by atoms with Gasteiger partial charge in [0.05, 0.1) is 19.8 Å². The molecule has 0 saturated heterocycles. The molecule has 170 valence electrons. The Morgan fingerprint density at radius 1 is 0.536 bits per heavy atom. The van der Waals surface area contributed by atoms with Crippen molar-refractivity contribution in [2.45, 2.75) is 51.0 Å². The van der Waals surface area contributed by atoms with Gasteiger partial charge in [-0.1, -0.05) is 13.3 Å². The lowest BCUT2D eigenvalue weighted by atomic mass is 10.1. The molecule has 0 aliphatic rings. The summed E-state index contributed by atoms with van der Waals surface area (Å²) in [5, 5.41) is 26.8. The fourth-order valence-electron chi connectivity index (χ4n) is 2.32. The summed E-state index contributed by atoms with van der Waals surface area (Å²) >= 11 is 0. The first-order valence-electron chi connectivity index (χ1n) is 10.5. The van der Waals surface area contributed by atoms with E-state index in [1.807, 2.05) is 0 Å². The van der Waals surface area contributed by atoms with Gasteiger partial charge < -0.3 is 39.0 Å². The predicted octanol–water partition coefficient (Wildman–Crippen LogP) is 1.15. The van der Waals surface area contributed by atoms with Gasteiger partial charge in [-0.3, -0.25) is 0 Å². The van der Waals surface area contributed by atoms with Crippen LogP contribution in [0, 0.1) is 0 Å². The smallest absolute Gasteiger partial charge is 0.138 e. The quantitative estimate of drug-likeness (QED) is 0.215. The number of hydrogen-bond acceptors (Lipinski definition) is 8. The molecular formula is C20H42O8. The predicted molar refractivity (Wildman–Crippen MR) is 107 cm³/mol. The van der Waals surface area contributed by atoms with Gasteiger partial charge in [0.1, 0.15) is 5.60 Å². The Kier molecular flexibility index (Phi) is 21.1. The molecule has 3 N–H and O–H groups in total. The average molecular weight is 411 g/mol. The maximum atomic E-state index is 8.94. The molecule has 0 saturated carbocycles. The van der Waals surface area contributed by atoms with Crippen LogP contribution in [0.2, 0.25) is 0 Å². The van der Waals surface area contributed by atoms with Crippen molar-refractivity contribution in [3.63, 3.8) is 0 Å². The number of rotatable bonds is 23. The summed E-state index contributed by atoms with van der Waals surface area (Å²) < 4.78 is 28.8. The largest absolute Gasteiger partial charge is 0.396 e. The molecule has 0 radical (unpaired) electrons. The van der Waals surface area contributed by atoms with E-state index < -0.39 is 5.60 Å². The molecule has 0 rings (SSSR count). The van der Waals surface area contributed by atoms with Crippen LogP contribution in [-0.2, 0) is 23.7 Å². The van der Waals surface area contributed by atoms with Gasteiger partial charge in [0.2, 0.25) is 0 Å². The molecule has 0 unspecified atom stereocenters. The Hall–Kier alpha value is -0.320. The Morgan fingerprint density at radius 2 is 0.964 bits per heavy atom. The number of aliphatic hydroxyl groups is 3. The number of ether oxygens (including phenoxy) is 5.